The van der Waals surface area contributed by atoms with Gasteiger partial charge in [0.15, 0.2) is 0 Å². The Labute approximate surface area is 75.9 Å². The van der Waals surface area contributed by atoms with Gasteiger partial charge in [0.25, 0.3) is 0 Å². The third kappa shape index (κ3) is 2.84. The quantitative estimate of drug-likeness (QED) is 0.635. The van der Waals surface area contributed by atoms with Crippen molar-refractivity contribution in [3.8, 4) is 0 Å². The maximum absolute atomic E-state index is 11.6. The largest absolute Gasteiger partial charge is 0.343 e. The van der Waals surface area contributed by atoms with Crippen molar-refractivity contribution in [1.29, 1.82) is 0 Å². The Morgan fingerprint density at radius 2 is 1.75 bits per heavy atom. The highest BCUT2D eigenvalue weighted by Gasteiger charge is 2.18. The lowest BCUT2D eigenvalue weighted by molar-refractivity contribution is -0.135. The molecule has 0 aromatic rings. The average Bonchev–Trinajstić information content (AvgIpc) is 2.12. The van der Waals surface area contributed by atoms with Gasteiger partial charge in [0.05, 0.1) is 0 Å². The molecule has 72 valence electrons. The molecule has 2 unspecified atom stereocenters. The van der Waals surface area contributed by atoms with Crippen molar-refractivity contribution in [2.45, 2.75) is 46.6 Å². The number of carbonyl (C=O) groups is 1. The van der Waals surface area contributed by atoms with Crippen LogP contribution in [-0.4, -0.2) is 23.9 Å². The third-order valence-corrected chi connectivity index (χ3v) is 2.63. The van der Waals surface area contributed by atoms with Gasteiger partial charge < -0.3 is 4.90 Å². The first-order valence-corrected chi connectivity index (χ1v) is 4.81. The predicted octanol–water partition coefficient (Wildman–Crippen LogP) is 2.29. The first-order valence-electron chi connectivity index (χ1n) is 4.81. The van der Waals surface area contributed by atoms with E-state index in [0.717, 1.165) is 12.8 Å². The molecule has 2 heteroatoms. The van der Waals surface area contributed by atoms with Crippen molar-refractivity contribution < 1.29 is 4.79 Å². The van der Waals surface area contributed by atoms with Crippen LogP contribution in [0.1, 0.15) is 40.5 Å². The lowest BCUT2D eigenvalue weighted by Crippen LogP contribution is -2.37. The predicted molar refractivity (Wildman–Crippen MR) is 52.0 cm³/mol. The molecule has 0 fully saturated rings. The fourth-order valence-corrected chi connectivity index (χ4v) is 1.01. The van der Waals surface area contributed by atoms with E-state index in [1.54, 1.807) is 0 Å². The monoisotopic (exact) mass is 171 g/mol. The minimum absolute atomic E-state index is 0.170. The third-order valence-electron chi connectivity index (χ3n) is 2.63. The van der Waals surface area contributed by atoms with Crippen molar-refractivity contribution in [2.24, 2.45) is 5.92 Å². The van der Waals surface area contributed by atoms with Gasteiger partial charge in [-0.1, -0.05) is 20.8 Å². The summed E-state index contributed by atoms with van der Waals surface area (Å²) in [5, 5.41) is 0. The Hall–Kier alpha value is -0.530. The summed E-state index contributed by atoms with van der Waals surface area (Å²) in [6.07, 6.45) is 1.96. The Morgan fingerprint density at radius 1 is 1.25 bits per heavy atom. The van der Waals surface area contributed by atoms with Gasteiger partial charge in [-0.3, -0.25) is 4.79 Å². The molecule has 0 heterocycles. The molecule has 0 spiro atoms. The Bertz CT molecular complexity index is 145. The molecule has 1 amide bonds. The van der Waals surface area contributed by atoms with Crippen molar-refractivity contribution in [2.75, 3.05) is 7.05 Å². The average molecular weight is 171 g/mol. The van der Waals surface area contributed by atoms with Gasteiger partial charge in [0.2, 0.25) is 5.91 Å². The van der Waals surface area contributed by atoms with Gasteiger partial charge in [0.1, 0.15) is 0 Å². The van der Waals surface area contributed by atoms with Crippen LogP contribution in [0.3, 0.4) is 0 Å². The maximum atomic E-state index is 11.6. The first kappa shape index (κ1) is 11.5. The van der Waals surface area contributed by atoms with Crippen LogP contribution in [0.25, 0.3) is 0 Å². The molecule has 0 aromatic carbocycles. The second-order valence-corrected chi connectivity index (χ2v) is 3.52. The molecule has 0 aliphatic carbocycles. The van der Waals surface area contributed by atoms with E-state index in [1.807, 2.05) is 25.8 Å². The van der Waals surface area contributed by atoms with E-state index in [0.29, 0.717) is 6.04 Å². The molecule has 0 radical (unpaired) electrons. The lowest BCUT2D eigenvalue weighted by atomic mass is 10.1. The molecule has 0 bridgehead atoms. The van der Waals surface area contributed by atoms with E-state index in [4.69, 9.17) is 0 Å². The standard InChI is InChI=1S/C10H21NO/c1-6-8(3)10(12)11(5)9(4)7-2/h8-9H,6-7H2,1-5H3. The fourth-order valence-electron chi connectivity index (χ4n) is 1.01. The van der Waals surface area contributed by atoms with Crippen molar-refractivity contribution in [1.82, 2.24) is 4.90 Å². The summed E-state index contributed by atoms with van der Waals surface area (Å²) in [6, 6.07) is 0.367. The zero-order valence-corrected chi connectivity index (χ0v) is 8.92. The molecule has 12 heavy (non-hydrogen) atoms. The number of rotatable bonds is 4. The van der Waals surface area contributed by atoms with Crippen molar-refractivity contribution in [3.05, 3.63) is 0 Å². The summed E-state index contributed by atoms with van der Waals surface area (Å²) in [7, 11) is 1.89. The number of hydrogen-bond acceptors (Lipinski definition) is 1. The second kappa shape index (κ2) is 5.18. The number of hydrogen-bond donors (Lipinski definition) is 0. The second-order valence-electron chi connectivity index (χ2n) is 3.52. The summed E-state index contributed by atoms with van der Waals surface area (Å²) in [4.78, 5) is 13.5. The van der Waals surface area contributed by atoms with Gasteiger partial charge in [-0.05, 0) is 19.8 Å². The summed E-state index contributed by atoms with van der Waals surface area (Å²) >= 11 is 0. The first-order chi connectivity index (χ1) is 5.54. The van der Waals surface area contributed by atoms with E-state index in [9.17, 15) is 4.79 Å². The summed E-state index contributed by atoms with van der Waals surface area (Å²) < 4.78 is 0. The van der Waals surface area contributed by atoms with Crippen LogP contribution in [0.4, 0.5) is 0 Å². The minimum atomic E-state index is 0.170. The van der Waals surface area contributed by atoms with Crippen molar-refractivity contribution >= 4 is 5.91 Å². The molecular formula is C10H21NO. The normalized spacial score (nSPS) is 15.4. The minimum Gasteiger partial charge on any atom is -0.343 e. The van der Waals surface area contributed by atoms with Crippen LogP contribution < -0.4 is 0 Å². The molecule has 0 N–H and O–H groups in total. The smallest absolute Gasteiger partial charge is 0.225 e. The van der Waals surface area contributed by atoms with E-state index < -0.39 is 0 Å². The molecule has 2 nitrogen and oxygen atoms in total. The molecule has 0 aliphatic rings. The van der Waals surface area contributed by atoms with Crippen LogP contribution in [0.2, 0.25) is 0 Å². The van der Waals surface area contributed by atoms with Crippen molar-refractivity contribution in [3.63, 3.8) is 0 Å². The van der Waals surface area contributed by atoms with E-state index in [1.165, 1.54) is 0 Å². The molecule has 0 saturated heterocycles. The number of nitrogens with zero attached hydrogens (tertiary/aromatic N) is 1. The molecule has 0 rings (SSSR count). The van der Waals surface area contributed by atoms with Gasteiger partial charge in [0, 0.05) is 19.0 Å². The highest BCUT2D eigenvalue weighted by Crippen LogP contribution is 2.09. The Morgan fingerprint density at radius 3 is 2.08 bits per heavy atom. The Balaban J connectivity index is 4.09. The Kier molecular flexibility index (Phi) is 4.95. The van der Waals surface area contributed by atoms with Crippen LogP contribution in [-0.2, 0) is 4.79 Å². The molecule has 2 atom stereocenters. The molecule has 0 aromatic heterocycles. The summed E-state index contributed by atoms with van der Waals surface area (Å²) in [5.41, 5.74) is 0. The number of carbonyl (C=O) groups excluding carboxylic acids is 1. The topological polar surface area (TPSA) is 20.3 Å². The number of amides is 1. The van der Waals surface area contributed by atoms with Crippen LogP contribution in [0.5, 0.6) is 0 Å². The highest BCUT2D eigenvalue weighted by atomic mass is 16.2. The summed E-state index contributed by atoms with van der Waals surface area (Å²) in [5.74, 6) is 0.441. The lowest BCUT2D eigenvalue weighted by Gasteiger charge is -2.26. The fraction of sp³-hybridized carbons (Fsp3) is 0.900. The van der Waals surface area contributed by atoms with E-state index in [-0.39, 0.29) is 11.8 Å². The van der Waals surface area contributed by atoms with E-state index in [2.05, 4.69) is 13.8 Å². The van der Waals surface area contributed by atoms with Gasteiger partial charge in [-0.15, -0.1) is 0 Å². The molecule has 0 aliphatic heterocycles. The summed E-state index contributed by atoms with van der Waals surface area (Å²) in [6.45, 7) is 8.22. The molecule has 0 saturated carbocycles. The zero-order valence-electron chi connectivity index (χ0n) is 8.92. The zero-order chi connectivity index (χ0) is 9.72. The van der Waals surface area contributed by atoms with Crippen LogP contribution >= 0.6 is 0 Å². The maximum Gasteiger partial charge on any atom is 0.225 e. The SMILES string of the molecule is CCC(C)C(=O)N(C)C(C)CC. The van der Waals surface area contributed by atoms with Crippen LogP contribution in [0.15, 0.2) is 0 Å². The van der Waals surface area contributed by atoms with Gasteiger partial charge in [-0.2, -0.15) is 0 Å². The van der Waals surface area contributed by atoms with Gasteiger partial charge in [-0.25, -0.2) is 0 Å². The molecular weight excluding hydrogens is 150 g/mol. The van der Waals surface area contributed by atoms with Crippen LogP contribution in [0, 0.1) is 5.92 Å². The van der Waals surface area contributed by atoms with Gasteiger partial charge >= 0.3 is 0 Å². The highest BCUT2D eigenvalue weighted by molar-refractivity contribution is 5.78. The van der Waals surface area contributed by atoms with E-state index >= 15 is 0 Å².